The molecule has 0 heterocycles. The number of carbonyl (C=O) groups excluding carboxylic acids is 2. The van der Waals surface area contributed by atoms with E-state index in [0.717, 1.165) is 0 Å². The van der Waals surface area contributed by atoms with Gasteiger partial charge in [0.1, 0.15) is 17.3 Å². The van der Waals surface area contributed by atoms with Crippen LogP contribution in [-0.2, 0) is 9.59 Å². The highest BCUT2D eigenvalue weighted by Gasteiger charge is 2.12. The molecule has 0 unspecified atom stereocenters. The van der Waals surface area contributed by atoms with Gasteiger partial charge in [-0.15, -0.1) is 0 Å². The number of benzene rings is 1. The highest BCUT2D eigenvalue weighted by Crippen LogP contribution is 2.31. The molecule has 1 amide bonds. The Morgan fingerprint density at radius 1 is 1.10 bits per heavy atom. The van der Waals surface area contributed by atoms with Gasteiger partial charge in [0.2, 0.25) is 5.91 Å². The molecular weight excluding hydrogens is 270 g/mol. The van der Waals surface area contributed by atoms with Gasteiger partial charge in [0, 0.05) is 6.07 Å². The molecule has 5 nitrogen and oxygen atoms in total. The predicted octanol–water partition coefficient (Wildman–Crippen LogP) is 3.18. The first-order chi connectivity index (χ1) is 9.77. The molecule has 1 rings (SSSR count). The Hall–Kier alpha value is -2.04. The second kappa shape index (κ2) is 7.67. The molecule has 5 heteroatoms. The number of carbonyl (C=O) groups is 2. The molecule has 1 aromatic carbocycles. The Kier molecular flexibility index (Phi) is 6.21. The SMILES string of the molecule is CC(=O)CC(=O)Nc1ccc(OC(C)C)cc1OC(C)C. The first-order valence-corrected chi connectivity index (χ1v) is 7.04. The molecule has 116 valence electrons. The Labute approximate surface area is 125 Å². The van der Waals surface area contributed by atoms with Crippen LogP contribution in [0, 0.1) is 0 Å². The van der Waals surface area contributed by atoms with Crippen molar-refractivity contribution in [2.75, 3.05) is 5.32 Å². The van der Waals surface area contributed by atoms with Gasteiger partial charge in [0.15, 0.2) is 0 Å². The number of Topliss-reactive ketones (excluding diaryl/α,β-unsaturated/α-hetero) is 1. The summed E-state index contributed by atoms with van der Waals surface area (Å²) in [7, 11) is 0. The van der Waals surface area contributed by atoms with Crippen LogP contribution in [0.15, 0.2) is 18.2 Å². The van der Waals surface area contributed by atoms with Gasteiger partial charge in [0.25, 0.3) is 0 Å². The van der Waals surface area contributed by atoms with Gasteiger partial charge in [-0.1, -0.05) is 0 Å². The maximum absolute atomic E-state index is 11.7. The minimum Gasteiger partial charge on any atom is -0.491 e. The molecule has 0 saturated heterocycles. The van der Waals surface area contributed by atoms with Crippen LogP contribution < -0.4 is 14.8 Å². The molecule has 1 N–H and O–H groups in total. The quantitative estimate of drug-likeness (QED) is 0.784. The van der Waals surface area contributed by atoms with Gasteiger partial charge < -0.3 is 14.8 Å². The average molecular weight is 293 g/mol. The van der Waals surface area contributed by atoms with Crippen LogP contribution >= 0.6 is 0 Å². The average Bonchev–Trinajstić information content (AvgIpc) is 2.29. The van der Waals surface area contributed by atoms with Gasteiger partial charge in [0.05, 0.1) is 24.3 Å². The van der Waals surface area contributed by atoms with Crippen molar-refractivity contribution in [1.29, 1.82) is 0 Å². The zero-order valence-corrected chi connectivity index (χ0v) is 13.2. The highest BCUT2D eigenvalue weighted by molar-refractivity contribution is 6.04. The first-order valence-electron chi connectivity index (χ1n) is 7.04. The lowest BCUT2D eigenvalue weighted by molar-refractivity contribution is -0.124. The summed E-state index contributed by atoms with van der Waals surface area (Å²) < 4.78 is 11.3. The molecule has 0 bridgehead atoms. The highest BCUT2D eigenvalue weighted by atomic mass is 16.5. The number of anilines is 1. The van der Waals surface area contributed by atoms with E-state index in [0.29, 0.717) is 17.2 Å². The first kappa shape index (κ1) is 17.0. The summed E-state index contributed by atoms with van der Waals surface area (Å²) in [6.45, 7) is 9.05. The third kappa shape index (κ3) is 6.29. The van der Waals surface area contributed by atoms with Crippen molar-refractivity contribution in [3.63, 3.8) is 0 Å². The van der Waals surface area contributed by atoms with Crippen LogP contribution in [0.5, 0.6) is 11.5 Å². The fraction of sp³-hybridized carbons (Fsp3) is 0.500. The van der Waals surface area contributed by atoms with Gasteiger partial charge in [-0.05, 0) is 46.8 Å². The molecule has 0 aliphatic heterocycles. The summed E-state index contributed by atoms with van der Waals surface area (Å²) in [6.07, 6.45) is -0.136. The fourth-order valence-electron chi connectivity index (χ4n) is 1.72. The molecule has 0 aliphatic rings. The van der Waals surface area contributed by atoms with Crippen molar-refractivity contribution in [2.24, 2.45) is 0 Å². The summed E-state index contributed by atoms with van der Waals surface area (Å²) >= 11 is 0. The van der Waals surface area contributed by atoms with Crippen molar-refractivity contribution in [3.05, 3.63) is 18.2 Å². The number of hydrogen-bond donors (Lipinski definition) is 1. The van der Waals surface area contributed by atoms with Crippen LogP contribution in [0.2, 0.25) is 0 Å². The van der Waals surface area contributed by atoms with E-state index in [-0.39, 0.29) is 30.3 Å². The number of rotatable bonds is 7. The number of hydrogen-bond acceptors (Lipinski definition) is 4. The van der Waals surface area contributed by atoms with Crippen molar-refractivity contribution in [3.8, 4) is 11.5 Å². The Morgan fingerprint density at radius 2 is 1.71 bits per heavy atom. The van der Waals surface area contributed by atoms with Crippen LogP contribution in [0.4, 0.5) is 5.69 Å². The molecular formula is C16H23NO4. The Bertz CT molecular complexity index is 509. The summed E-state index contributed by atoms with van der Waals surface area (Å²) in [5, 5.41) is 2.69. The zero-order valence-electron chi connectivity index (χ0n) is 13.2. The van der Waals surface area contributed by atoms with E-state index in [9.17, 15) is 9.59 Å². The molecule has 0 atom stereocenters. The molecule has 0 aliphatic carbocycles. The molecule has 0 aromatic heterocycles. The lowest BCUT2D eigenvalue weighted by Gasteiger charge is -2.17. The molecule has 0 saturated carbocycles. The number of amides is 1. The largest absolute Gasteiger partial charge is 0.491 e. The normalized spacial score (nSPS) is 10.6. The number of ether oxygens (including phenoxy) is 2. The second-order valence-electron chi connectivity index (χ2n) is 5.42. The van der Waals surface area contributed by atoms with Crippen molar-refractivity contribution < 1.29 is 19.1 Å². The standard InChI is InChI=1S/C16H23NO4/c1-10(2)20-13-6-7-14(15(9-13)21-11(3)4)17-16(19)8-12(5)18/h6-7,9-11H,8H2,1-5H3,(H,17,19). The maximum Gasteiger partial charge on any atom is 0.231 e. The second-order valence-corrected chi connectivity index (χ2v) is 5.42. The van der Waals surface area contributed by atoms with Crippen molar-refractivity contribution in [2.45, 2.75) is 53.2 Å². The van der Waals surface area contributed by atoms with Crippen LogP contribution in [0.1, 0.15) is 41.0 Å². The molecule has 0 spiro atoms. The molecule has 0 fully saturated rings. The van der Waals surface area contributed by atoms with E-state index in [1.54, 1.807) is 18.2 Å². The van der Waals surface area contributed by atoms with Gasteiger partial charge in [-0.3, -0.25) is 9.59 Å². The molecule has 21 heavy (non-hydrogen) atoms. The molecule has 1 aromatic rings. The fourth-order valence-corrected chi connectivity index (χ4v) is 1.72. The van der Waals surface area contributed by atoms with E-state index in [1.165, 1.54) is 6.92 Å². The van der Waals surface area contributed by atoms with Gasteiger partial charge in [-0.25, -0.2) is 0 Å². The topological polar surface area (TPSA) is 64.6 Å². The Morgan fingerprint density at radius 3 is 2.24 bits per heavy atom. The van der Waals surface area contributed by atoms with Crippen LogP contribution in [-0.4, -0.2) is 23.9 Å². The monoisotopic (exact) mass is 293 g/mol. The van der Waals surface area contributed by atoms with E-state index in [2.05, 4.69) is 5.32 Å². The molecule has 0 radical (unpaired) electrons. The van der Waals surface area contributed by atoms with E-state index >= 15 is 0 Å². The lowest BCUT2D eigenvalue weighted by atomic mass is 10.2. The minimum absolute atomic E-state index is 0.0391. The van der Waals surface area contributed by atoms with Gasteiger partial charge in [-0.2, -0.15) is 0 Å². The summed E-state index contributed by atoms with van der Waals surface area (Å²) in [6, 6.07) is 5.22. The third-order valence-corrected chi connectivity index (χ3v) is 2.37. The number of nitrogens with one attached hydrogen (secondary N) is 1. The predicted molar refractivity (Wildman–Crippen MR) is 81.9 cm³/mol. The van der Waals surface area contributed by atoms with E-state index < -0.39 is 0 Å². The lowest BCUT2D eigenvalue weighted by Crippen LogP contribution is -2.16. The summed E-state index contributed by atoms with van der Waals surface area (Å²) in [4.78, 5) is 22.7. The maximum atomic E-state index is 11.7. The Balaban J connectivity index is 2.95. The number of ketones is 1. The van der Waals surface area contributed by atoms with Gasteiger partial charge >= 0.3 is 0 Å². The van der Waals surface area contributed by atoms with Crippen LogP contribution in [0.25, 0.3) is 0 Å². The zero-order chi connectivity index (χ0) is 16.0. The summed E-state index contributed by atoms with van der Waals surface area (Å²) in [5.41, 5.74) is 0.533. The summed E-state index contributed by atoms with van der Waals surface area (Å²) in [5.74, 6) is 0.664. The van der Waals surface area contributed by atoms with Crippen LogP contribution in [0.3, 0.4) is 0 Å². The van der Waals surface area contributed by atoms with E-state index in [4.69, 9.17) is 9.47 Å². The van der Waals surface area contributed by atoms with Crippen molar-refractivity contribution in [1.82, 2.24) is 0 Å². The van der Waals surface area contributed by atoms with E-state index in [1.807, 2.05) is 27.7 Å². The third-order valence-electron chi connectivity index (χ3n) is 2.37. The smallest absolute Gasteiger partial charge is 0.231 e. The van der Waals surface area contributed by atoms with Crippen molar-refractivity contribution >= 4 is 17.4 Å². The minimum atomic E-state index is -0.353.